The molecule has 1 saturated carbocycles. The quantitative estimate of drug-likeness (QED) is 0.789. The Kier molecular flexibility index (Phi) is 4.80. The summed E-state index contributed by atoms with van der Waals surface area (Å²) in [5.74, 6) is 0.812. The van der Waals surface area contributed by atoms with Crippen LogP contribution in [0.1, 0.15) is 32.4 Å². The lowest BCUT2D eigenvalue weighted by Gasteiger charge is -2.30. The topological polar surface area (TPSA) is 71.7 Å². The van der Waals surface area contributed by atoms with Crippen molar-refractivity contribution in [3.05, 3.63) is 53.4 Å². The van der Waals surface area contributed by atoms with Crippen molar-refractivity contribution in [3.63, 3.8) is 0 Å². The Morgan fingerprint density at radius 2 is 2.00 bits per heavy atom. The standard InChI is InChI=1S/C19H22ClNO4/c1-18(2,25-15-9-7-14(20)8-10-15)17(22)21-12-19(23,13-5-6-13)16-4-3-11-24-16/h3-4,7-11,13,23H,5-6,12H2,1-2H3,(H,21,22)/t19-/m0/s1. The highest BCUT2D eigenvalue weighted by Gasteiger charge is 2.48. The predicted octanol–water partition coefficient (Wildman–Crippen LogP) is 3.50. The minimum Gasteiger partial charge on any atom is -0.478 e. The van der Waals surface area contributed by atoms with Crippen molar-refractivity contribution in [2.75, 3.05) is 6.54 Å². The first-order valence-electron chi connectivity index (χ1n) is 8.30. The second-order valence-electron chi connectivity index (χ2n) is 6.92. The monoisotopic (exact) mass is 363 g/mol. The van der Waals surface area contributed by atoms with Gasteiger partial charge in [0, 0.05) is 5.02 Å². The van der Waals surface area contributed by atoms with Crippen molar-refractivity contribution in [1.29, 1.82) is 0 Å². The van der Waals surface area contributed by atoms with Gasteiger partial charge in [0.05, 0.1) is 12.8 Å². The van der Waals surface area contributed by atoms with Gasteiger partial charge in [-0.3, -0.25) is 4.79 Å². The zero-order valence-corrected chi connectivity index (χ0v) is 15.0. The van der Waals surface area contributed by atoms with E-state index >= 15 is 0 Å². The summed E-state index contributed by atoms with van der Waals surface area (Å²) in [6.45, 7) is 3.44. The Morgan fingerprint density at radius 3 is 2.56 bits per heavy atom. The number of amides is 1. The fraction of sp³-hybridized carbons (Fsp3) is 0.421. The molecule has 134 valence electrons. The minimum absolute atomic E-state index is 0.0808. The first-order valence-corrected chi connectivity index (χ1v) is 8.68. The van der Waals surface area contributed by atoms with Gasteiger partial charge in [0.25, 0.3) is 5.91 Å². The van der Waals surface area contributed by atoms with E-state index in [1.165, 1.54) is 6.26 Å². The molecular formula is C19H22ClNO4. The number of nitrogens with one attached hydrogen (secondary N) is 1. The highest BCUT2D eigenvalue weighted by Crippen LogP contribution is 2.45. The van der Waals surface area contributed by atoms with Gasteiger partial charge in [0.15, 0.2) is 5.60 Å². The molecule has 1 aromatic heterocycles. The molecule has 1 fully saturated rings. The molecule has 0 saturated heterocycles. The van der Waals surface area contributed by atoms with E-state index in [1.807, 2.05) is 0 Å². The Hall–Kier alpha value is -1.98. The maximum atomic E-state index is 12.6. The number of furan rings is 1. The molecule has 1 atom stereocenters. The summed E-state index contributed by atoms with van der Waals surface area (Å²) in [5.41, 5.74) is -2.28. The van der Waals surface area contributed by atoms with Crippen LogP contribution >= 0.6 is 11.6 Å². The van der Waals surface area contributed by atoms with Gasteiger partial charge in [-0.1, -0.05) is 11.6 Å². The van der Waals surface area contributed by atoms with Crippen molar-refractivity contribution in [2.24, 2.45) is 5.92 Å². The summed E-state index contributed by atoms with van der Waals surface area (Å²) in [7, 11) is 0. The molecule has 2 N–H and O–H groups in total. The molecule has 0 aliphatic heterocycles. The van der Waals surface area contributed by atoms with Gasteiger partial charge in [0.1, 0.15) is 17.1 Å². The minimum atomic E-state index is -1.19. The van der Waals surface area contributed by atoms with E-state index in [-0.39, 0.29) is 18.4 Å². The highest BCUT2D eigenvalue weighted by atomic mass is 35.5. The number of benzene rings is 1. The Labute approximate surface area is 151 Å². The first kappa shape index (κ1) is 17.8. The summed E-state index contributed by atoms with van der Waals surface area (Å²) in [5, 5.41) is 14.4. The SMILES string of the molecule is CC(C)(Oc1ccc(Cl)cc1)C(=O)NC[C@@](O)(c1ccco1)C1CC1. The summed E-state index contributed by atoms with van der Waals surface area (Å²) in [6, 6.07) is 10.3. The van der Waals surface area contributed by atoms with E-state index < -0.39 is 11.2 Å². The van der Waals surface area contributed by atoms with E-state index in [0.717, 1.165) is 12.8 Å². The van der Waals surface area contributed by atoms with E-state index in [2.05, 4.69) is 5.32 Å². The molecule has 1 aromatic carbocycles. The van der Waals surface area contributed by atoms with Crippen LogP contribution in [0, 0.1) is 5.92 Å². The predicted molar refractivity (Wildman–Crippen MR) is 94.5 cm³/mol. The molecule has 5 nitrogen and oxygen atoms in total. The molecule has 2 aromatic rings. The van der Waals surface area contributed by atoms with Gasteiger partial charge in [-0.05, 0) is 69.0 Å². The van der Waals surface area contributed by atoms with Gasteiger partial charge >= 0.3 is 0 Å². The number of carbonyl (C=O) groups is 1. The lowest BCUT2D eigenvalue weighted by molar-refractivity contribution is -0.136. The molecule has 1 amide bonds. The van der Waals surface area contributed by atoms with E-state index in [1.54, 1.807) is 50.2 Å². The Morgan fingerprint density at radius 1 is 1.32 bits per heavy atom. The van der Waals surface area contributed by atoms with Crippen LogP contribution in [0.4, 0.5) is 0 Å². The van der Waals surface area contributed by atoms with Crippen molar-refractivity contribution in [3.8, 4) is 5.75 Å². The van der Waals surface area contributed by atoms with Crippen molar-refractivity contribution in [1.82, 2.24) is 5.32 Å². The molecule has 0 bridgehead atoms. The van der Waals surface area contributed by atoms with Crippen molar-refractivity contribution in [2.45, 2.75) is 37.9 Å². The number of carbonyl (C=O) groups excluding carboxylic acids is 1. The number of hydrogen-bond donors (Lipinski definition) is 2. The lowest BCUT2D eigenvalue weighted by Crippen LogP contribution is -2.51. The zero-order chi connectivity index (χ0) is 18.1. The molecule has 0 radical (unpaired) electrons. The fourth-order valence-corrected chi connectivity index (χ4v) is 2.92. The van der Waals surface area contributed by atoms with Crippen molar-refractivity contribution >= 4 is 17.5 Å². The van der Waals surface area contributed by atoms with Crippen LogP contribution in [0.3, 0.4) is 0 Å². The van der Waals surface area contributed by atoms with E-state index in [4.69, 9.17) is 20.8 Å². The molecule has 6 heteroatoms. The van der Waals surface area contributed by atoms with Crippen LogP contribution in [-0.2, 0) is 10.4 Å². The highest BCUT2D eigenvalue weighted by molar-refractivity contribution is 6.30. The number of halogens is 1. The average molecular weight is 364 g/mol. The third-order valence-corrected chi connectivity index (χ3v) is 4.70. The van der Waals surface area contributed by atoms with E-state index in [0.29, 0.717) is 16.5 Å². The number of rotatable bonds is 7. The van der Waals surface area contributed by atoms with E-state index in [9.17, 15) is 9.90 Å². The third-order valence-electron chi connectivity index (χ3n) is 4.45. The largest absolute Gasteiger partial charge is 0.478 e. The Bertz CT molecular complexity index is 722. The summed E-state index contributed by atoms with van der Waals surface area (Å²) in [4.78, 5) is 12.6. The second kappa shape index (κ2) is 6.73. The van der Waals surface area contributed by atoms with Gasteiger partial charge in [-0.2, -0.15) is 0 Å². The van der Waals surface area contributed by atoms with Crippen LogP contribution in [0.15, 0.2) is 47.1 Å². The molecule has 1 aliphatic rings. The lowest BCUT2D eigenvalue weighted by atomic mass is 9.94. The Balaban J connectivity index is 1.65. The van der Waals surface area contributed by atoms with Crippen LogP contribution < -0.4 is 10.1 Å². The average Bonchev–Trinajstić information content (AvgIpc) is 3.29. The fourth-order valence-electron chi connectivity index (χ4n) is 2.79. The number of hydrogen-bond acceptors (Lipinski definition) is 4. The number of ether oxygens (including phenoxy) is 1. The molecule has 3 rings (SSSR count). The summed E-state index contributed by atoms with van der Waals surface area (Å²) in [6.07, 6.45) is 3.35. The zero-order valence-electron chi connectivity index (χ0n) is 14.3. The van der Waals surface area contributed by atoms with Crippen LogP contribution in [0.2, 0.25) is 5.02 Å². The first-order chi connectivity index (χ1) is 11.8. The summed E-state index contributed by atoms with van der Waals surface area (Å²) >= 11 is 5.86. The maximum absolute atomic E-state index is 12.6. The van der Waals surface area contributed by atoms with Crippen LogP contribution in [0.25, 0.3) is 0 Å². The maximum Gasteiger partial charge on any atom is 0.263 e. The molecule has 1 heterocycles. The smallest absolute Gasteiger partial charge is 0.263 e. The molecule has 0 spiro atoms. The van der Waals surface area contributed by atoms with Gasteiger partial charge in [-0.25, -0.2) is 0 Å². The third kappa shape index (κ3) is 3.99. The molecule has 0 unspecified atom stereocenters. The van der Waals surface area contributed by atoms with Crippen LogP contribution in [0.5, 0.6) is 5.75 Å². The molecule has 1 aliphatic carbocycles. The van der Waals surface area contributed by atoms with Gasteiger partial charge in [0.2, 0.25) is 0 Å². The van der Waals surface area contributed by atoms with Gasteiger partial charge in [-0.15, -0.1) is 0 Å². The molecule has 25 heavy (non-hydrogen) atoms. The number of aliphatic hydroxyl groups is 1. The second-order valence-corrected chi connectivity index (χ2v) is 7.36. The summed E-state index contributed by atoms with van der Waals surface area (Å²) < 4.78 is 11.2. The normalized spacial score (nSPS) is 17.0. The van der Waals surface area contributed by atoms with Crippen molar-refractivity contribution < 1.29 is 19.1 Å². The molecular weight excluding hydrogens is 342 g/mol. The van der Waals surface area contributed by atoms with Crippen LogP contribution in [-0.4, -0.2) is 23.2 Å². The van der Waals surface area contributed by atoms with Gasteiger partial charge < -0.3 is 19.6 Å².